The Hall–Kier alpha value is -1.43. The van der Waals surface area contributed by atoms with Crippen molar-refractivity contribution in [3.8, 4) is 0 Å². The van der Waals surface area contributed by atoms with Gasteiger partial charge in [0.15, 0.2) is 11.8 Å². The van der Waals surface area contributed by atoms with Crippen LogP contribution in [-0.2, 0) is 24.9 Å². The number of aromatic nitrogens is 3. The smallest absolute Gasteiger partial charge is 0.192 e. The fraction of sp³-hybridized carbons (Fsp3) is 0.526. The fourth-order valence-corrected chi connectivity index (χ4v) is 2.99. The molecule has 0 aliphatic carbocycles. The van der Waals surface area contributed by atoms with Crippen molar-refractivity contribution in [2.24, 2.45) is 12.0 Å². The van der Waals surface area contributed by atoms with Gasteiger partial charge in [0, 0.05) is 38.2 Å². The van der Waals surface area contributed by atoms with Crippen LogP contribution in [0, 0.1) is 6.92 Å². The van der Waals surface area contributed by atoms with Crippen molar-refractivity contribution in [3.05, 3.63) is 46.5 Å². The van der Waals surface area contributed by atoms with Crippen LogP contribution in [0.2, 0.25) is 5.02 Å². The molecule has 1 fully saturated rings. The molecule has 1 aromatic carbocycles. The molecular formula is C19H29ClIN7O. The van der Waals surface area contributed by atoms with E-state index in [2.05, 4.69) is 25.7 Å². The van der Waals surface area contributed by atoms with Gasteiger partial charge in [0.05, 0.1) is 26.3 Å². The van der Waals surface area contributed by atoms with E-state index in [-0.39, 0.29) is 24.0 Å². The molecule has 8 nitrogen and oxygen atoms in total. The summed E-state index contributed by atoms with van der Waals surface area (Å²) in [5.74, 6) is 2.51. The third kappa shape index (κ3) is 7.72. The van der Waals surface area contributed by atoms with Gasteiger partial charge in [-0.2, -0.15) is 0 Å². The maximum Gasteiger partial charge on any atom is 0.192 e. The minimum atomic E-state index is 0. The van der Waals surface area contributed by atoms with Crippen molar-refractivity contribution >= 4 is 41.5 Å². The first kappa shape index (κ1) is 23.8. The predicted octanol–water partition coefficient (Wildman–Crippen LogP) is 1.96. The molecule has 29 heavy (non-hydrogen) atoms. The Bertz CT molecular complexity index is 775. The molecule has 0 saturated carbocycles. The van der Waals surface area contributed by atoms with E-state index in [1.807, 2.05) is 42.8 Å². The van der Waals surface area contributed by atoms with Gasteiger partial charge in [0.1, 0.15) is 5.82 Å². The van der Waals surface area contributed by atoms with E-state index in [0.717, 1.165) is 67.6 Å². The molecule has 0 atom stereocenters. The molecule has 1 aromatic heterocycles. The lowest BCUT2D eigenvalue weighted by Crippen LogP contribution is -2.44. The van der Waals surface area contributed by atoms with Crippen LogP contribution in [0.25, 0.3) is 0 Å². The Morgan fingerprint density at radius 3 is 2.55 bits per heavy atom. The van der Waals surface area contributed by atoms with Crippen LogP contribution in [0.1, 0.15) is 17.2 Å². The highest BCUT2D eigenvalue weighted by Crippen LogP contribution is 2.10. The van der Waals surface area contributed by atoms with Crippen LogP contribution >= 0.6 is 35.6 Å². The van der Waals surface area contributed by atoms with Crippen molar-refractivity contribution in [2.75, 3.05) is 39.4 Å². The van der Waals surface area contributed by atoms with Gasteiger partial charge in [-0.1, -0.05) is 23.7 Å². The van der Waals surface area contributed by atoms with E-state index in [1.165, 1.54) is 0 Å². The quantitative estimate of drug-likeness (QED) is 0.322. The SMILES string of the molecule is Cc1nnc(CNC(=NCc2ccc(Cl)cc2)NCCN2CCOCC2)n1C.I. The maximum absolute atomic E-state index is 5.96. The van der Waals surface area contributed by atoms with Gasteiger partial charge >= 0.3 is 0 Å². The zero-order valence-electron chi connectivity index (χ0n) is 16.9. The van der Waals surface area contributed by atoms with Crippen LogP contribution < -0.4 is 10.6 Å². The molecule has 0 spiro atoms. The highest BCUT2D eigenvalue weighted by atomic mass is 127. The van der Waals surface area contributed by atoms with Crippen LogP contribution in [0.3, 0.4) is 0 Å². The number of morpholine rings is 1. The molecule has 160 valence electrons. The summed E-state index contributed by atoms with van der Waals surface area (Å²) in [5, 5.41) is 15.8. The monoisotopic (exact) mass is 533 g/mol. The molecule has 2 N–H and O–H groups in total. The molecule has 0 bridgehead atoms. The molecule has 0 amide bonds. The summed E-state index contributed by atoms with van der Waals surface area (Å²) < 4.78 is 7.37. The summed E-state index contributed by atoms with van der Waals surface area (Å²) >= 11 is 5.96. The van der Waals surface area contributed by atoms with E-state index in [4.69, 9.17) is 21.3 Å². The first-order valence-electron chi connectivity index (χ1n) is 9.53. The molecule has 2 aromatic rings. The highest BCUT2D eigenvalue weighted by molar-refractivity contribution is 14.0. The summed E-state index contributed by atoms with van der Waals surface area (Å²) in [6.45, 7) is 8.39. The van der Waals surface area contributed by atoms with E-state index < -0.39 is 0 Å². The minimum Gasteiger partial charge on any atom is -0.379 e. The predicted molar refractivity (Wildman–Crippen MR) is 126 cm³/mol. The van der Waals surface area contributed by atoms with Gasteiger partial charge in [-0.05, 0) is 24.6 Å². The van der Waals surface area contributed by atoms with Crippen molar-refractivity contribution < 1.29 is 4.74 Å². The van der Waals surface area contributed by atoms with Crippen molar-refractivity contribution in [3.63, 3.8) is 0 Å². The zero-order chi connectivity index (χ0) is 19.8. The van der Waals surface area contributed by atoms with Gasteiger partial charge in [-0.25, -0.2) is 4.99 Å². The first-order chi connectivity index (χ1) is 13.6. The summed E-state index contributed by atoms with van der Waals surface area (Å²) in [6.07, 6.45) is 0. The molecular weight excluding hydrogens is 505 g/mol. The lowest BCUT2D eigenvalue weighted by atomic mass is 10.2. The maximum atomic E-state index is 5.96. The number of hydrogen-bond donors (Lipinski definition) is 2. The number of hydrogen-bond acceptors (Lipinski definition) is 5. The van der Waals surface area contributed by atoms with Gasteiger partial charge in [0.25, 0.3) is 0 Å². The Balaban J connectivity index is 0.00000300. The van der Waals surface area contributed by atoms with Crippen molar-refractivity contribution in [2.45, 2.75) is 20.0 Å². The molecule has 1 saturated heterocycles. The molecule has 2 heterocycles. The Morgan fingerprint density at radius 2 is 1.90 bits per heavy atom. The van der Waals surface area contributed by atoms with Gasteiger partial charge in [-0.3, -0.25) is 4.90 Å². The molecule has 1 aliphatic heterocycles. The number of nitrogens with one attached hydrogen (secondary N) is 2. The van der Waals surface area contributed by atoms with E-state index in [0.29, 0.717) is 13.1 Å². The molecule has 1 aliphatic rings. The Morgan fingerprint density at radius 1 is 1.17 bits per heavy atom. The van der Waals surface area contributed by atoms with Gasteiger partial charge < -0.3 is 19.9 Å². The molecule has 0 unspecified atom stereocenters. The summed E-state index contributed by atoms with van der Waals surface area (Å²) in [6, 6.07) is 7.74. The number of aryl methyl sites for hydroxylation is 1. The zero-order valence-corrected chi connectivity index (χ0v) is 20.0. The summed E-state index contributed by atoms with van der Waals surface area (Å²) in [5.41, 5.74) is 1.10. The number of rotatable bonds is 7. The lowest BCUT2D eigenvalue weighted by molar-refractivity contribution is 0.0389. The number of benzene rings is 1. The summed E-state index contributed by atoms with van der Waals surface area (Å²) in [4.78, 5) is 7.10. The standard InChI is InChI=1S/C19H28ClN7O.HI/c1-15-24-25-18(26(15)2)14-23-19(21-7-8-27-9-11-28-12-10-27)22-13-16-3-5-17(20)6-4-16;/h3-6H,7-14H2,1-2H3,(H2,21,22,23);1H. The number of ether oxygens (including phenoxy) is 1. The number of nitrogens with zero attached hydrogens (tertiary/aromatic N) is 5. The van der Waals surface area contributed by atoms with Gasteiger partial charge in [-0.15, -0.1) is 34.2 Å². The third-order valence-electron chi connectivity index (χ3n) is 4.75. The normalized spacial score (nSPS) is 15.1. The Labute approximate surface area is 194 Å². The fourth-order valence-electron chi connectivity index (χ4n) is 2.86. The van der Waals surface area contributed by atoms with Gasteiger partial charge in [0.2, 0.25) is 0 Å². The Kier molecular flexibility index (Phi) is 10.1. The molecule has 0 radical (unpaired) electrons. The van der Waals surface area contributed by atoms with E-state index in [1.54, 1.807) is 0 Å². The van der Waals surface area contributed by atoms with E-state index >= 15 is 0 Å². The second kappa shape index (κ2) is 12.3. The third-order valence-corrected chi connectivity index (χ3v) is 5.01. The topological polar surface area (TPSA) is 79.6 Å². The molecule has 3 rings (SSSR count). The van der Waals surface area contributed by atoms with Crippen LogP contribution in [0.15, 0.2) is 29.3 Å². The minimum absolute atomic E-state index is 0. The van der Waals surface area contributed by atoms with Crippen LogP contribution in [-0.4, -0.2) is 65.0 Å². The second-order valence-corrected chi connectivity index (χ2v) is 7.18. The first-order valence-corrected chi connectivity index (χ1v) is 9.91. The second-order valence-electron chi connectivity index (χ2n) is 6.75. The number of aliphatic imine (C=N–C) groups is 1. The summed E-state index contributed by atoms with van der Waals surface area (Å²) in [7, 11) is 1.96. The van der Waals surface area contributed by atoms with Crippen molar-refractivity contribution in [1.82, 2.24) is 30.3 Å². The largest absolute Gasteiger partial charge is 0.379 e. The number of guanidine groups is 1. The van der Waals surface area contributed by atoms with Crippen molar-refractivity contribution in [1.29, 1.82) is 0 Å². The van der Waals surface area contributed by atoms with Crippen LogP contribution in [0.4, 0.5) is 0 Å². The average molecular weight is 534 g/mol. The average Bonchev–Trinajstić information content (AvgIpc) is 3.03. The van der Waals surface area contributed by atoms with E-state index in [9.17, 15) is 0 Å². The van der Waals surface area contributed by atoms with Crippen LogP contribution in [0.5, 0.6) is 0 Å². The highest BCUT2D eigenvalue weighted by Gasteiger charge is 2.10. The number of halogens is 2. The lowest BCUT2D eigenvalue weighted by Gasteiger charge is -2.26. The molecule has 10 heteroatoms.